The van der Waals surface area contributed by atoms with Gasteiger partial charge in [0.25, 0.3) is 0 Å². The molecule has 0 aliphatic heterocycles. The molecule has 1 N–H and O–H groups in total. The molecule has 0 radical (unpaired) electrons. The fraction of sp³-hybridized carbons (Fsp3) is 0.238. The summed E-state index contributed by atoms with van der Waals surface area (Å²) in [6, 6.07) is 12.9. The highest BCUT2D eigenvalue weighted by Crippen LogP contribution is 2.24. The number of hydrogen-bond acceptors (Lipinski definition) is 3. The summed E-state index contributed by atoms with van der Waals surface area (Å²) >= 11 is 0. The molecule has 27 heavy (non-hydrogen) atoms. The summed E-state index contributed by atoms with van der Waals surface area (Å²) in [6.45, 7) is 4.95. The molecule has 2 heterocycles. The van der Waals surface area contributed by atoms with Crippen LogP contribution >= 0.6 is 0 Å². The predicted octanol–water partition coefficient (Wildman–Crippen LogP) is 3.23. The first-order chi connectivity index (χ1) is 13.0. The van der Waals surface area contributed by atoms with Crippen molar-refractivity contribution in [1.29, 1.82) is 0 Å². The number of rotatable bonds is 4. The number of aromatic nitrogens is 3. The number of nitrogens with zero attached hydrogens (tertiary/aromatic N) is 3. The van der Waals surface area contributed by atoms with Crippen LogP contribution in [0.2, 0.25) is 0 Å². The topological polar surface area (TPSA) is 51.3 Å². The molecule has 138 valence electrons. The van der Waals surface area contributed by atoms with Crippen LogP contribution < -0.4 is 11.0 Å². The van der Waals surface area contributed by atoms with Gasteiger partial charge in [-0.3, -0.25) is 0 Å². The molecule has 0 bridgehead atoms. The molecule has 2 aromatic carbocycles. The van der Waals surface area contributed by atoms with Crippen LogP contribution in [0, 0.1) is 19.7 Å². The predicted molar refractivity (Wildman–Crippen MR) is 104 cm³/mol. The van der Waals surface area contributed by atoms with E-state index in [4.69, 9.17) is 0 Å². The van der Waals surface area contributed by atoms with E-state index >= 15 is 0 Å². The van der Waals surface area contributed by atoms with E-state index in [9.17, 15) is 9.18 Å². The van der Waals surface area contributed by atoms with Crippen molar-refractivity contribution in [3.63, 3.8) is 0 Å². The monoisotopic (exact) mass is 364 g/mol. The minimum atomic E-state index is -0.228. The van der Waals surface area contributed by atoms with Gasteiger partial charge in [-0.25, -0.2) is 18.3 Å². The normalized spacial score (nSPS) is 11.6. The highest BCUT2D eigenvalue weighted by atomic mass is 19.1. The Morgan fingerprint density at radius 1 is 1.07 bits per heavy atom. The lowest BCUT2D eigenvalue weighted by Gasteiger charge is -2.11. The van der Waals surface area contributed by atoms with E-state index in [1.807, 2.05) is 26.0 Å². The van der Waals surface area contributed by atoms with Crippen molar-refractivity contribution >= 4 is 16.6 Å². The summed E-state index contributed by atoms with van der Waals surface area (Å²) < 4.78 is 16.8. The molecule has 0 spiro atoms. The van der Waals surface area contributed by atoms with Crippen LogP contribution in [0.25, 0.3) is 16.6 Å². The Morgan fingerprint density at radius 3 is 2.59 bits per heavy atom. The number of fused-ring (bicyclic) bond motifs is 3. The van der Waals surface area contributed by atoms with Crippen molar-refractivity contribution in [1.82, 2.24) is 19.5 Å². The zero-order valence-electron chi connectivity index (χ0n) is 15.6. The Bertz CT molecular complexity index is 1220. The number of benzene rings is 2. The van der Waals surface area contributed by atoms with Gasteiger partial charge in [0.2, 0.25) is 0 Å². The summed E-state index contributed by atoms with van der Waals surface area (Å²) in [7, 11) is 1.65. The molecule has 4 rings (SSSR count). The molecule has 4 aromatic rings. The maximum atomic E-state index is 13.8. The Labute approximate surface area is 156 Å². The molecule has 0 fully saturated rings. The third-order valence-electron chi connectivity index (χ3n) is 4.87. The molecule has 0 aliphatic carbocycles. The van der Waals surface area contributed by atoms with Crippen LogP contribution in [0.5, 0.6) is 0 Å². The van der Waals surface area contributed by atoms with E-state index in [0.29, 0.717) is 24.3 Å². The Hall–Kier alpha value is -2.99. The molecule has 5 nitrogen and oxygen atoms in total. The minimum absolute atomic E-state index is 0.170. The van der Waals surface area contributed by atoms with E-state index in [2.05, 4.69) is 22.5 Å². The van der Waals surface area contributed by atoms with Crippen LogP contribution in [-0.4, -0.2) is 14.2 Å². The first kappa shape index (κ1) is 17.4. The second kappa shape index (κ2) is 6.63. The largest absolute Gasteiger partial charge is 0.350 e. The summed E-state index contributed by atoms with van der Waals surface area (Å²) in [5.74, 6) is -0.228. The maximum Gasteiger partial charge on any atom is 0.350 e. The van der Waals surface area contributed by atoms with Gasteiger partial charge >= 0.3 is 5.69 Å². The third-order valence-corrected chi connectivity index (χ3v) is 4.87. The Balaban J connectivity index is 1.79. The maximum absolute atomic E-state index is 13.8. The number of halogens is 1. The zero-order valence-corrected chi connectivity index (χ0v) is 15.6. The molecule has 0 aliphatic rings. The lowest BCUT2D eigenvalue weighted by Crippen LogP contribution is -2.19. The zero-order chi connectivity index (χ0) is 19.1. The molecular weight excluding hydrogens is 343 g/mol. The van der Waals surface area contributed by atoms with Gasteiger partial charge in [0.1, 0.15) is 5.82 Å². The molecule has 6 heteroatoms. The number of nitrogens with one attached hydrogen (secondary N) is 1. The second-order valence-corrected chi connectivity index (χ2v) is 6.94. The van der Waals surface area contributed by atoms with Gasteiger partial charge in [0, 0.05) is 36.7 Å². The molecule has 0 saturated carbocycles. The lowest BCUT2D eigenvalue weighted by molar-refractivity contribution is 0.588. The van der Waals surface area contributed by atoms with E-state index in [0.717, 1.165) is 27.6 Å². The number of hydrogen-bond donors (Lipinski definition) is 1. The van der Waals surface area contributed by atoms with Gasteiger partial charge in [-0.05, 0) is 43.2 Å². The fourth-order valence-corrected chi connectivity index (χ4v) is 3.56. The second-order valence-electron chi connectivity index (χ2n) is 6.94. The van der Waals surface area contributed by atoms with E-state index in [1.165, 1.54) is 10.7 Å². The Morgan fingerprint density at radius 2 is 1.81 bits per heavy atom. The standard InChI is InChI=1S/C21H21FN4O/c1-13-8-14(2)17-10-16(12-23-11-15-6-4-5-7-18(15)22)20-24-25(3)21(27)26(20)19(17)9-13/h4-10,23H,11-12H2,1-3H3. The van der Waals surface area contributed by atoms with Crippen molar-refractivity contribution in [3.05, 3.63) is 81.0 Å². The summed E-state index contributed by atoms with van der Waals surface area (Å²) in [6.07, 6.45) is 0. The van der Waals surface area contributed by atoms with Gasteiger partial charge in [-0.1, -0.05) is 24.3 Å². The van der Waals surface area contributed by atoms with Gasteiger partial charge in [0.05, 0.1) is 5.52 Å². The van der Waals surface area contributed by atoms with Crippen molar-refractivity contribution in [2.24, 2.45) is 7.05 Å². The molecule has 0 saturated heterocycles. The lowest BCUT2D eigenvalue weighted by atomic mass is 10.0. The van der Waals surface area contributed by atoms with Gasteiger partial charge in [-0.2, -0.15) is 0 Å². The quantitative estimate of drug-likeness (QED) is 0.605. The minimum Gasteiger partial charge on any atom is -0.308 e. The highest BCUT2D eigenvalue weighted by molar-refractivity contribution is 5.87. The highest BCUT2D eigenvalue weighted by Gasteiger charge is 2.14. The van der Waals surface area contributed by atoms with Crippen LogP contribution in [0.15, 0.2) is 47.3 Å². The van der Waals surface area contributed by atoms with Crippen LogP contribution in [0.1, 0.15) is 22.3 Å². The van der Waals surface area contributed by atoms with Gasteiger partial charge in [0.15, 0.2) is 5.65 Å². The van der Waals surface area contributed by atoms with Gasteiger partial charge < -0.3 is 5.32 Å². The van der Waals surface area contributed by atoms with Gasteiger partial charge in [-0.15, -0.1) is 5.10 Å². The molecule has 0 amide bonds. The van der Waals surface area contributed by atoms with Crippen LogP contribution in [0.4, 0.5) is 4.39 Å². The summed E-state index contributed by atoms with van der Waals surface area (Å²) in [5.41, 5.74) is 5.04. The SMILES string of the molecule is Cc1cc(C)c2cc(CNCc3ccccc3F)c3nn(C)c(=O)n3c2c1. The van der Waals surface area contributed by atoms with E-state index in [-0.39, 0.29) is 11.5 Å². The first-order valence-electron chi connectivity index (χ1n) is 8.88. The Kier molecular flexibility index (Phi) is 4.28. The van der Waals surface area contributed by atoms with Crippen molar-refractivity contribution in [2.75, 3.05) is 0 Å². The average molecular weight is 364 g/mol. The van der Waals surface area contributed by atoms with Crippen molar-refractivity contribution < 1.29 is 4.39 Å². The number of aryl methyl sites for hydroxylation is 3. The van der Waals surface area contributed by atoms with E-state index in [1.54, 1.807) is 23.6 Å². The molecular formula is C21H21FN4O. The van der Waals surface area contributed by atoms with Crippen molar-refractivity contribution in [2.45, 2.75) is 26.9 Å². The smallest absolute Gasteiger partial charge is 0.308 e. The molecule has 0 unspecified atom stereocenters. The van der Waals surface area contributed by atoms with Crippen LogP contribution in [0.3, 0.4) is 0 Å². The van der Waals surface area contributed by atoms with Crippen molar-refractivity contribution in [3.8, 4) is 0 Å². The molecule has 0 atom stereocenters. The average Bonchev–Trinajstić information content (AvgIpc) is 2.93. The number of pyridine rings is 1. The molecule has 2 aromatic heterocycles. The first-order valence-corrected chi connectivity index (χ1v) is 8.88. The van der Waals surface area contributed by atoms with E-state index < -0.39 is 0 Å². The summed E-state index contributed by atoms with van der Waals surface area (Å²) in [4.78, 5) is 12.7. The van der Waals surface area contributed by atoms with Crippen LogP contribution in [-0.2, 0) is 20.1 Å². The fourth-order valence-electron chi connectivity index (χ4n) is 3.56. The third kappa shape index (κ3) is 3.02. The summed E-state index contributed by atoms with van der Waals surface area (Å²) in [5, 5.41) is 8.71.